The number of hydrogen-bond acceptors (Lipinski definition) is 3. The summed E-state index contributed by atoms with van der Waals surface area (Å²) in [7, 11) is 0. The van der Waals surface area contributed by atoms with E-state index in [1.54, 1.807) is 0 Å². The molecule has 5 rings (SSSR count). The lowest BCUT2D eigenvalue weighted by Crippen LogP contribution is -2.50. The van der Waals surface area contributed by atoms with Gasteiger partial charge in [0.05, 0.1) is 27.8 Å². The standard InChI is InChI=1S/C31H20Cl3F9N2O3/c32-18-4-3-14(44-27(48)24-23(29(24,33)34)13-2-5-20(36)17(10-13)30(38,39)40)11-15(18)26(47)45-21-7-6-19(35)16(25(21)37)12-22(46)28(8-1-9-28)31(41,42)43/h2-7,10-11,23-24H,1,8-9,12H2,(H,44,48)(H,45,47)/t23-,24+/m0/s1. The Labute approximate surface area is 280 Å². The van der Waals surface area contributed by atoms with Gasteiger partial charge in [-0.2, -0.15) is 26.3 Å². The van der Waals surface area contributed by atoms with Crippen molar-refractivity contribution < 1.29 is 53.9 Å². The van der Waals surface area contributed by atoms with Gasteiger partial charge < -0.3 is 10.6 Å². The zero-order valence-electron chi connectivity index (χ0n) is 23.9. The van der Waals surface area contributed by atoms with E-state index in [1.165, 1.54) is 6.07 Å². The number of ketones is 1. The molecular weight excluding hydrogens is 726 g/mol. The minimum atomic E-state index is -5.03. The molecule has 256 valence electrons. The second-order valence-electron chi connectivity index (χ2n) is 11.4. The summed E-state index contributed by atoms with van der Waals surface area (Å²) >= 11 is 18.5. The number of rotatable bonds is 8. The van der Waals surface area contributed by atoms with Gasteiger partial charge in [0.2, 0.25) is 5.91 Å². The largest absolute Gasteiger partial charge is 0.419 e. The normalized spacial score (nSPS) is 19.7. The molecule has 0 heterocycles. The summed E-state index contributed by atoms with van der Waals surface area (Å²) in [6.45, 7) is 0. The fourth-order valence-corrected chi connectivity index (χ4v) is 6.68. The van der Waals surface area contributed by atoms with E-state index in [9.17, 15) is 49.5 Å². The van der Waals surface area contributed by atoms with Gasteiger partial charge in [-0.1, -0.05) is 24.1 Å². The molecule has 5 nitrogen and oxygen atoms in total. The SMILES string of the molecule is O=C(Nc1ccc(F)c(CC(=O)C2(C(F)(F)F)CCC2)c1F)c1cc(NC(=O)[C@H]2[C@H](c3ccc(F)c(C(F)(F)F)c3)C2(Cl)Cl)ccc1Cl. The Morgan fingerprint density at radius 1 is 0.854 bits per heavy atom. The number of anilines is 2. The van der Waals surface area contributed by atoms with E-state index in [1.807, 2.05) is 0 Å². The number of hydrogen-bond donors (Lipinski definition) is 2. The maximum Gasteiger partial charge on any atom is 0.419 e. The lowest BCUT2D eigenvalue weighted by molar-refractivity contribution is -0.241. The first-order chi connectivity index (χ1) is 22.2. The summed E-state index contributed by atoms with van der Waals surface area (Å²) in [4.78, 5) is 38.7. The molecule has 2 amide bonds. The molecule has 0 unspecified atom stereocenters. The summed E-state index contributed by atoms with van der Waals surface area (Å²) in [6.07, 6.45) is -12.1. The molecule has 0 saturated heterocycles. The minimum absolute atomic E-state index is 0.0942. The maximum absolute atomic E-state index is 15.3. The van der Waals surface area contributed by atoms with Crippen LogP contribution in [0.3, 0.4) is 0 Å². The van der Waals surface area contributed by atoms with Gasteiger partial charge in [-0.15, -0.1) is 23.2 Å². The lowest BCUT2D eigenvalue weighted by atomic mass is 9.64. The Balaban J connectivity index is 1.32. The highest BCUT2D eigenvalue weighted by atomic mass is 35.5. The molecule has 2 fully saturated rings. The van der Waals surface area contributed by atoms with Crippen LogP contribution in [0.25, 0.3) is 0 Å². The van der Waals surface area contributed by atoms with E-state index in [4.69, 9.17) is 34.8 Å². The monoisotopic (exact) mass is 744 g/mol. The fourth-order valence-electron chi connectivity index (χ4n) is 5.64. The van der Waals surface area contributed by atoms with Gasteiger partial charge in [0.25, 0.3) is 5.91 Å². The Morgan fingerprint density at radius 3 is 2.08 bits per heavy atom. The van der Waals surface area contributed by atoms with Crippen molar-refractivity contribution in [2.45, 2.75) is 48.3 Å². The molecule has 2 N–H and O–H groups in total. The van der Waals surface area contributed by atoms with Crippen molar-refractivity contribution in [2.75, 3.05) is 10.6 Å². The molecule has 2 aliphatic rings. The number of carbonyl (C=O) groups is 3. The average molecular weight is 746 g/mol. The molecule has 0 aliphatic heterocycles. The van der Waals surface area contributed by atoms with Gasteiger partial charge in [-0.3, -0.25) is 14.4 Å². The highest BCUT2D eigenvalue weighted by Crippen LogP contribution is 2.65. The first kappa shape index (κ1) is 35.8. The summed E-state index contributed by atoms with van der Waals surface area (Å²) in [5, 5.41) is 4.28. The zero-order chi connectivity index (χ0) is 35.6. The number of nitrogens with one attached hydrogen (secondary N) is 2. The minimum Gasteiger partial charge on any atom is -0.326 e. The van der Waals surface area contributed by atoms with Crippen LogP contribution < -0.4 is 10.6 Å². The molecule has 3 aromatic carbocycles. The van der Waals surface area contributed by atoms with Gasteiger partial charge >= 0.3 is 12.4 Å². The molecule has 2 atom stereocenters. The first-order valence-electron chi connectivity index (χ1n) is 13.9. The van der Waals surface area contributed by atoms with Gasteiger partial charge in [0.1, 0.15) is 21.4 Å². The Morgan fingerprint density at radius 2 is 1.50 bits per heavy atom. The second kappa shape index (κ2) is 12.4. The third kappa shape index (κ3) is 6.46. The van der Waals surface area contributed by atoms with E-state index in [0.717, 1.165) is 24.3 Å². The number of alkyl halides is 8. The fraction of sp³-hybridized carbons (Fsp3) is 0.323. The highest BCUT2D eigenvalue weighted by Gasteiger charge is 2.68. The molecule has 48 heavy (non-hydrogen) atoms. The van der Waals surface area contributed by atoms with Crippen molar-refractivity contribution in [3.05, 3.63) is 93.3 Å². The molecule has 3 aromatic rings. The number of halogens is 12. The van der Waals surface area contributed by atoms with Crippen LogP contribution in [-0.2, 0) is 22.2 Å². The van der Waals surface area contributed by atoms with Crippen LogP contribution in [0.5, 0.6) is 0 Å². The zero-order valence-corrected chi connectivity index (χ0v) is 26.1. The Hall–Kier alpha value is -3.49. The first-order valence-corrected chi connectivity index (χ1v) is 15.1. The number of amides is 2. The summed E-state index contributed by atoms with van der Waals surface area (Å²) < 4.78 is 122. The molecule has 2 saturated carbocycles. The van der Waals surface area contributed by atoms with Crippen molar-refractivity contribution in [1.82, 2.24) is 0 Å². The quantitative estimate of drug-likeness (QED) is 0.178. The lowest BCUT2D eigenvalue weighted by Gasteiger charge is -2.41. The van der Waals surface area contributed by atoms with Crippen molar-refractivity contribution in [3.63, 3.8) is 0 Å². The molecule has 17 heteroatoms. The average Bonchev–Trinajstić information content (AvgIpc) is 3.53. The predicted molar refractivity (Wildman–Crippen MR) is 158 cm³/mol. The van der Waals surface area contributed by atoms with Gasteiger partial charge in [0.15, 0.2) is 11.6 Å². The maximum atomic E-state index is 15.3. The van der Waals surface area contributed by atoms with Gasteiger partial charge in [-0.25, -0.2) is 13.2 Å². The third-order valence-corrected chi connectivity index (χ3v) is 9.79. The van der Waals surface area contributed by atoms with Gasteiger partial charge in [0, 0.05) is 23.6 Å². The molecule has 0 bridgehead atoms. The second-order valence-corrected chi connectivity index (χ2v) is 13.3. The van der Waals surface area contributed by atoms with Gasteiger partial charge in [-0.05, 0) is 60.9 Å². The number of Topliss-reactive ketones (excluding diaryl/α,β-unsaturated/α-hetero) is 1. The smallest absolute Gasteiger partial charge is 0.326 e. The topological polar surface area (TPSA) is 75.3 Å². The van der Waals surface area contributed by atoms with Crippen molar-refractivity contribution >= 4 is 63.8 Å². The van der Waals surface area contributed by atoms with Crippen molar-refractivity contribution in [2.24, 2.45) is 11.3 Å². The Kier molecular flexibility index (Phi) is 9.28. The van der Waals surface area contributed by atoms with Crippen LogP contribution in [0.1, 0.15) is 52.2 Å². The number of carbonyl (C=O) groups excluding carboxylic acids is 3. The summed E-state index contributed by atoms with van der Waals surface area (Å²) in [6, 6.07) is 6.93. The van der Waals surface area contributed by atoms with E-state index in [-0.39, 0.29) is 28.3 Å². The molecule has 0 spiro atoms. The van der Waals surface area contributed by atoms with Crippen LogP contribution in [-0.4, -0.2) is 28.1 Å². The predicted octanol–water partition coefficient (Wildman–Crippen LogP) is 9.40. The van der Waals surface area contributed by atoms with E-state index in [0.29, 0.717) is 18.2 Å². The summed E-state index contributed by atoms with van der Waals surface area (Å²) in [5.41, 5.74) is -6.57. The van der Waals surface area contributed by atoms with Crippen LogP contribution in [0.4, 0.5) is 50.9 Å². The number of benzene rings is 3. The van der Waals surface area contributed by atoms with E-state index < -0.39 is 105 Å². The summed E-state index contributed by atoms with van der Waals surface area (Å²) in [5.74, 6) is -10.2. The van der Waals surface area contributed by atoms with Crippen LogP contribution in [0.15, 0.2) is 48.5 Å². The van der Waals surface area contributed by atoms with E-state index in [2.05, 4.69) is 10.6 Å². The molecule has 0 aromatic heterocycles. The Bertz CT molecular complexity index is 1830. The van der Waals surface area contributed by atoms with E-state index >= 15 is 4.39 Å². The van der Waals surface area contributed by atoms with Crippen molar-refractivity contribution in [1.29, 1.82) is 0 Å². The molecular formula is C31H20Cl3F9N2O3. The van der Waals surface area contributed by atoms with Crippen LogP contribution >= 0.6 is 34.8 Å². The van der Waals surface area contributed by atoms with Crippen LogP contribution in [0, 0.1) is 28.8 Å². The van der Waals surface area contributed by atoms with Crippen LogP contribution in [0.2, 0.25) is 5.02 Å². The molecule has 2 aliphatic carbocycles. The highest BCUT2D eigenvalue weighted by molar-refractivity contribution is 6.53. The third-order valence-electron chi connectivity index (χ3n) is 8.52. The molecule has 0 radical (unpaired) electrons. The van der Waals surface area contributed by atoms with Crippen molar-refractivity contribution in [3.8, 4) is 0 Å².